The van der Waals surface area contributed by atoms with Crippen molar-refractivity contribution in [2.45, 2.75) is 72.4 Å². The number of esters is 1. The first-order valence-electron chi connectivity index (χ1n) is 8.23. The summed E-state index contributed by atoms with van der Waals surface area (Å²) < 4.78 is 5.00. The van der Waals surface area contributed by atoms with Crippen LogP contribution >= 0.6 is 9.24 Å². The molecule has 0 aromatic heterocycles. The molecule has 0 aliphatic heterocycles. The van der Waals surface area contributed by atoms with Crippen LogP contribution in [0.25, 0.3) is 0 Å². The van der Waals surface area contributed by atoms with Crippen molar-refractivity contribution in [2.24, 2.45) is 0 Å². The SMILES string of the molecule is CCOC(=O)C(P)C/C=C(\C)CC/C=C(\C)CCC=C(C)C. The maximum Gasteiger partial charge on any atom is 0.313 e. The van der Waals surface area contributed by atoms with Gasteiger partial charge in [0.05, 0.1) is 12.3 Å². The zero-order valence-electron chi connectivity index (χ0n) is 14.9. The van der Waals surface area contributed by atoms with Gasteiger partial charge in [-0.15, -0.1) is 9.24 Å². The molecule has 0 saturated carbocycles. The summed E-state index contributed by atoms with van der Waals surface area (Å²) in [5.74, 6) is -0.133. The predicted octanol–water partition coefficient (Wildman–Crippen LogP) is 5.60. The molecule has 2 atom stereocenters. The van der Waals surface area contributed by atoms with Crippen molar-refractivity contribution in [3.63, 3.8) is 0 Å². The molecule has 3 heteroatoms. The molecule has 0 aromatic rings. The summed E-state index contributed by atoms with van der Waals surface area (Å²) in [6.45, 7) is 10.9. The number of rotatable bonds is 10. The Morgan fingerprint density at radius 2 is 1.55 bits per heavy atom. The first kappa shape index (κ1) is 21.1. The van der Waals surface area contributed by atoms with E-state index in [-0.39, 0.29) is 11.6 Å². The maximum absolute atomic E-state index is 11.5. The monoisotopic (exact) mass is 324 g/mol. The molecule has 2 unspecified atom stereocenters. The van der Waals surface area contributed by atoms with E-state index in [0.29, 0.717) is 6.61 Å². The number of carbonyl (C=O) groups excluding carboxylic acids is 1. The zero-order chi connectivity index (χ0) is 17.0. The summed E-state index contributed by atoms with van der Waals surface area (Å²) in [6, 6.07) is 0. The molecule has 0 saturated heterocycles. The second-order valence-electron chi connectivity index (χ2n) is 6.05. The lowest BCUT2D eigenvalue weighted by Crippen LogP contribution is -2.16. The van der Waals surface area contributed by atoms with Crippen molar-refractivity contribution in [3.8, 4) is 0 Å². The van der Waals surface area contributed by atoms with Crippen LogP contribution in [0.15, 0.2) is 34.9 Å². The fourth-order valence-electron chi connectivity index (χ4n) is 2.01. The topological polar surface area (TPSA) is 26.3 Å². The lowest BCUT2D eigenvalue weighted by Gasteiger charge is -2.08. The van der Waals surface area contributed by atoms with Crippen LogP contribution in [0.4, 0.5) is 0 Å². The highest BCUT2D eigenvalue weighted by molar-refractivity contribution is 7.19. The Kier molecular flexibility index (Phi) is 12.1. The van der Waals surface area contributed by atoms with Crippen molar-refractivity contribution >= 4 is 15.2 Å². The molecule has 2 nitrogen and oxygen atoms in total. The number of hydrogen-bond donors (Lipinski definition) is 0. The summed E-state index contributed by atoms with van der Waals surface area (Å²) in [7, 11) is 2.57. The highest BCUT2D eigenvalue weighted by Gasteiger charge is 2.12. The first-order chi connectivity index (χ1) is 10.4. The van der Waals surface area contributed by atoms with Gasteiger partial charge >= 0.3 is 5.97 Å². The van der Waals surface area contributed by atoms with Gasteiger partial charge in [-0.05, 0) is 66.7 Å². The van der Waals surface area contributed by atoms with Crippen LogP contribution in [0, 0.1) is 0 Å². The Hall–Kier alpha value is -0.880. The maximum atomic E-state index is 11.5. The minimum Gasteiger partial charge on any atom is -0.466 e. The molecule has 0 amide bonds. The molecule has 0 spiro atoms. The minimum atomic E-state index is -0.133. The summed E-state index contributed by atoms with van der Waals surface area (Å²) in [5.41, 5.74) is 4.06. The fourth-order valence-corrected chi connectivity index (χ4v) is 2.24. The molecule has 0 heterocycles. The fraction of sp³-hybridized carbons (Fsp3) is 0.632. The molecular weight excluding hydrogens is 291 g/mol. The molecule has 22 heavy (non-hydrogen) atoms. The van der Waals surface area contributed by atoms with Crippen LogP contribution in [0.2, 0.25) is 0 Å². The van der Waals surface area contributed by atoms with E-state index in [0.717, 1.165) is 32.1 Å². The molecule has 0 aromatic carbocycles. The van der Waals surface area contributed by atoms with Gasteiger partial charge in [0.1, 0.15) is 0 Å². The molecule has 0 fully saturated rings. The molecule has 0 N–H and O–H groups in total. The van der Waals surface area contributed by atoms with Crippen LogP contribution in [-0.4, -0.2) is 18.2 Å². The average Bonchev–Trinajstić information content (AvgIpc) is 2.44. The second kappa shape index (κ2) is 12.6. The van der Waals surface area contributed by atoms with Gasteiger partial charge in [0.2, 0.25) is 0 Å². The molecule has 126 valence electrons. The van der Waals surface area contributed by atoms with Gasteiger partial charge in [-0.25, -0.2) is 0 Å². The van der Waals surface area contributed by atoms with E-state index in [1.807, 2.05) is 6.92 Å². The first-order valence-corrected chi connectivity index (χ1v) is 8.90. The Bertz CT molecular complexity index is 415. The average molecular weight is 324 g/mol. The van der Waals surface area contributed by atoms with Crippen molar-refractivity contribution in [1.82, 2.24) is 0 Å². The van der Waals surface area contributed by atoms with Crippen LogP contribution in [0.1, 0.15) is 66.7 Å². The van der Waals surface area contributed by atoms with Crippen molar-refractivity contribution in [2.75, 3.05) is 6.61 Å². The van der Waals surface area contributed by atoms with Crippen LogP contribution in [-0.2, 0) is 9.53 Å². The lowest BCUT2D eigenvalue weighted by atomic mass is 10.1. The summed E-state index contributed by atoms with van der Waals surface area (Å²) in [4.78, 5) is 11.5. The molecule has 0 aliphatic carbocycles. The van der Waals surface area contributed by atoms with E-state index < -0.39 is 0 Å². The highest BCUT2D eigenvalue weighted by atomic mass is 31.0. The largest absolute Gasteiger partial charge is 0.466 e. The van der Waals surface area contributed by atoms with Crippen molar-refractivity contribution < 1.29 is 9.53 Å². The molecule has 0 radical (unpaired) electrons. The van der Waals surface area contributed by atoms with E-state index >= 15 is 0 Å². The smallest absolute Gasteiger partial charge is 0.313 e. The van der Waals surface area contributed by atoms with Crippen molar-refractivity contribution in [1.29, 1.82) is 0 Å². The molecule has 0 bridgehead atoms. The predicted molar refractivity (Wildman–Crippen MR) is 100 cm³/mol. The Labute approximate surface area is 139 Å². The van der Waals surface area contributed by atoms with Gasteiger partial charge in [-0.2, -0.15) is 0 Å². The Balaban J connectivity index is 4.06. The van der Waals surface area contributed by atoms with Gasteiger partial charge in [-0.3, -0.25) is 4.79 Å². The van der Waals surface area contributed by atoms with Gasteiger partial charge < -0.3 is 4.74 Å². The number of ether oxygens (including phenoxy) is 1. The van der Waals surface area contributed by atoms with Crippen LogP contribution in [0.5, 0.6) is 0 Å². The van der Waals surface area contributed by atoms with Gasteiger partial charge in [0.15, 0.2) is 0 Å². The summed E-state index contributed by atoms with van der Waals surface area (Å²) in [5, 5.41) is 0. The second-order valence-corrected chi connectivity index (χ2v) is 6.86. The van der Waals surface area contributed by atoms with Gasteiger partial charge in [0.25, 0.3) is 0 Å². The van der Waals surface area contributed by atoms with E-state index in [9.17, 15) is 4.79 Å². The zero-order valence-corrected chi connectivity index (χ0v) is 16.1. The molecular formula is C19H33O2P. The van der Waals surface area contributed by atoms with Gasteiger partial charge in [0, 0.05) is 0 Å². The Morgan fingerprint density at radius 1 is 1.00 bits per heavy atom. The van der Waals surface area contributed by atoms with E-state index in [1.54, 1.807) is 0 Å². The van der Waals surface area contributed by atoms with E-state index in [4.69, 9.17) is 4.74 Å². The minimum absolute atomic E-state index is 0.128. The van der Waals surface area contributed by atoms with Gasteiger partial charge in [-0.1, -0.05) is 34.9 Å². The van der Waals surface area contributed by atoms with E-state index in [1.165, 1.54) is 16.7 Å². The van der Waals surface area contributed by atoms with Crippen molar-refractivity contribution in [3.05, 3.63) is 34.9 Å². The molecule has 0 aliphatic rings. The number of allylic oxidation sites excluding steroid dienone is 6. The summed E-state index contributed by atoms with van der Waals surface area (Å²) in [6.07, 6.45) is 11.9. The highest BCUT2D eigenvalue weighted by Crippen LogP contribution is 2.14. The quantitative estimate of drug-likeness (QED) is 0.297. The normalized spacial score (nSPS) is 13.7. The molecule has 0 rings (SSSR count). The van der Waals surface area contributed by atoms with E-state index in [2.05, 4.69) is 55.2 Å². The standard InChI is InChI=1S/C19H33O2P/c1-6-21-19(20)18(22)14-13-17(5)12-8-11-16(4)10-7-9-15(2)3/h9,11,13,18H,6-8,10,12,14,22H2,1-5H3/b16-11+,17-13+. The lowest BCUT2D eigenvalue weighted by molar-refractivity contribution is -0.142. The van der Waals surface area contributed by atoms with Crippen LogP contribution < -0.4 is 0 Å². The third kappa shape index (κ3) is 11.7. The Morgan fingerprint density at radius 3 is 2.09 bits per heavy atom. The summed E-state index contributed by atoms with van der Waals surface area (Å²) >= 11 is 0. The third-order valence-electron chi connectivity index (χ3n) is 3.43. The van der Waals surface area contributed by atoms with Crippen LogP contribution in [0.3, 0.4) is 0 Å². The third-order valence-corrected chi connectivity index (χ3v) is 3.98. The number of hydrogen-bond acceptors (Lipinski definition) is 2. The number of carbonyl (C=O) groups is 1.